The Hall–Kier alpha value is -3.59. The molecule has 0 bridgehead atoms. The molecule has 0 saturated heterocycles. The van der Waals surface area contributed by atoms with Crippen LogP contribution in [0, 0.1) is 0 Å². The summed E-state index contributed by atoms with van der Waals surface area (Å²) in [7, 11) is 0. The third-order valence-corrected chi connectivity index (χ3v) is 4.87. The van der Waals surface area contributed by atoms with E-state index in [4.69, 9.17) is 0 Å². The van der Waals surface area contributed by atoms with E-state index in [2.05, 4.69) is 20.7 Å². The Morgan fingerprint density at radius 3 is 2.66 bits per heavy atom. The number of para-hydroxylation sites is 1. The summed E-state index contributed by atoms with van der Waals surface area (Å²) in [4.78, 5) is 30.3. The van der Waals surface area contributed by atoms with Gasteiger partial charge in [-0.15, -0.1) is 16.9 Å². The number of hydrogen-bond donors (Lipinski definition) is 2. The zero-order valence-electron chi connectivity index (χ0n) is 15.6. The quantitative estimate of drug-likeness (QED) is 0.478. The Morgan fingerprint density at radius 1 is 1.07 bits per heavy atom. The van der Waals surface area contributed by atoms with Crippen molar-refractivity contribution in [1.82, 2.24) is 19.2 Å². The molecule has 0 aliphatic rings. The maximum absolute atomic E-state index is 12.5. The lowest BCUT2D eigenvalue weighted by Crippen LogP contribution is -2.28. The Morgan fingerprint density at radius 2 is 1.86 bits per heavy atom. The Labute approximate surface area is 170 Å². The van der Waals surface area contributed by atoms with Crippen molar-refractivity contribution in [3.05, 3.63) is 77.3 Å². The van der Waals surface area contributed by atoms with Gasteiger partial charge in [0.05, 0.1) is 0 Å². The molecule has 0 unspecified atom stereocenters. The van der Waals surface area contributed by atoms with E-state index < -0.39 is 5.69 Å². The number of benzene rings is 2. The van der Waals surface area contributed by atoms with E-state index in [1.54, 1.807) is 30.1 Å². The van der Waals surface area contributed by atoms with Gasteiger partial charge in [-0.25, -0.2) is 13.9 Å². The summed E-state index contributed by atoms with van der Waals surface area (Å²) in [5, 5.41) is 10.1. The smallest absolute Gasteiger partial charge is 0.340 e. The van der Waals surface area contributed by atoms with Crippen molar-refractivity contribution in [2.24, 2.45) is 0 Å². The van der Waals surface area contributed by atoms with Crippen molar-refractivity contribution in [2.75, 3.05) is 16.9 Å². The van der Waals surface area contributed by atoms with Gasteiger partial charge in [-0.05, 0) is 42.7 Å². The fourth-order valence-electron chi connectivity index (χ4n) is 2.78. The lowest BCUT2D eigenvalue weighted by molar-refractivity contribution is -0.117. The van der Waals surface area contributed by atoms with Gasteiger partial charge in [0.2, 0.25) is 5.91 Å². The first-order valence-electron chi connectivity index (χ1n) is 8.84. The minimum atomic E-state index is -0.424. The van der Waals surface area contributed by atoms with Crippen LogP contribution in [0.2, 0.25) is 0 Å². The van der Waals surface area contributed by atoms with Gasteiger partial charge in [-0.3, -0.25) is 4.79 Å². The van der Waals surface area contributed by atoms with E-state index >= 15 is 0 Å². The number of nitrogens with zero attached hydrogens (tertiary/aromatic N) is 4. The number of carbonyl (C=O) groups excluding carboxylic acids is 1. The largest absolute Gasteiger partial charge is 0.352 e. The molecular formula is C20H18N6O2S. The normalized spacial score (nSPS) is 10.8. The van der Waals surface area contributed by atoms with Gasteiger partial charge >= 0.3 is 5.69 Å². The van der Waals surface area contributed by atoms with Crippen LogP contribution < -0.4 is 16.3 Å². The molecule has 2 aromatic heterocycles. The van der Waals surface area contributed by atoms with Crippen LogP contribution in [0.4, 0.5) is 17.2 Å². The van der Waals surface area contributed by atoms with E-state index in [9.17, 15) is 9.59 Å². The third-order valence-electron chi connectivity index (χ3n) is 4.15. The number of carbonyl (C=O) groups is 1. The molecule has 0 spiro atoms. The van der Waals surface area contributed by atoms with Crippen molar-refractivity contribution in [3.8, 4) is 0 Å². The van der Waals surface area contributed by atoms with Gasteiger partial charge in [0.15, 0.2) is 0 Å². The average molecular weight is 406 g/mol. The van der Waals surface area contributed by atoms with Crippen molar-refractivity contribution in [3.63, 3.8) is 0 Å². The van der Waals surface area contributed by atoms with Crippen LogP contribution in [-0.4, -0.2) is 31.3 Å². The summed E-state index contributed by atoms with van der Waals surface area (Å²) in [6, 6.07) is 18.7. The molecule has 2 aromatic carbocycles. The summed E-state index contributed by atoms with van der Waals surface area (Å²) < 4.78 is 2.40. The van der Waals surface area contributed by atoms with Gasteiger partial charge in [0.25, 0.3) is 5.78 Å². The average Bonchev–Trinajstić information content (AvgIpc) is 3.03. The van der Waals surface area contributed by atoms with Gasteiger partial charge < -0.3 is 10.6 Å². The van der Waals surface area contributed by atoms with Crippen LogP contribution in [0.5, 0.6) is 0 Å². The SMILES string of the molecule is CSc1cccc(NC(=O)Cn2nc3nc(Nc4ccccc4)ccn3c2=O)c1. The van der Waals surface area contributed by atoms with Crippen molar-refractivity contribution in [1.29, 1.82) is 0 Å². The molecule has 4 aromatic rings. The van der Waals surface area contributed by atoms with E-state index in [1.807, 2.05) is 54.8 Å². The molecule has 2 heterocycles. The first-order valence-corrected chi connectivity index (χ1v) is 10.1. The molecule has 4 rings (SSSR count). The zero-order valence-corrected chi connectivity index (χ0v) is 16.4. The molecule has 0 aliphatic carbocycles. The highest BCUT2D eigenvalue weighted by Gasteiger charge is 2.12. The molecule has 29 heavy (non-hydrogen) atoms. The number of aromatic nitrogens is 4. The monoisotopic (exact) mass is 406 g/mol. The van der Waals surface area contributed by atoms with E-state index in [0.29, 0.717) is 11.5 Å². The summed E-state index contributed by atoms with van der Waals surface area (Å²) >= 11 is 1.58. The fourth-order valence-corrected chi connectivity index (χ4v) is 3.24. The van der Waals surface area contributed by atoms with Crippen molar-refractivity contribution < 1.29 is 4.79 Å². The van der Waals surface area contributed by atoms with Crippen LogP contribution in [-0.2, 0) is 11.3 Å². The van der Waals surface area contributed by atoms with E-state index in [-0.39, 0.29) is 18.2 Å². The number of fused-ring (bicyclic) bond motifs is 1. The van der Waals surface area contributed by atoms with Crippen LogP contribution in [0.1, 0.15) is 0 Å². The third kappa shape index (κ3) is 4.30. The highest BCUT2D eigenvalue weighted by Crippen LogP contribution is 2.19. The molecule has 146 valence electrons. The van der Waals surface area contributed by atoms with Crippen LogP contribution in [0.3, 0.4) is 0 Å². The molecule has 0 atom stereocenters. The van der Waals surface area contributed by atoms with Crippen molar-refractivity contribution >= 4 is 40.6 Å². The highest BCUT2D eigenvalue weighted by atomic mass is 32.2. The maximum atomic E-state index is 12.5. The van der Waals surface area contributed by atoms with Crippen LogP contribution in [0.25, 0.3) is 5.78 Å². The zero-order chi connectivity index (χ0) is 20.2. The number of rotatable bonds is 6. The highest BCUT2D eigenvalue weighted by molar-refractivity contribution is 7.98. The second-order valence-electron chi connectivity index (χ2n) is 6.19. The summed E-state index contributed by atoms with van der Waals surface area (Å²) in [6.07, 6.45) is 3.55. The second-order valence-corrected chi connectivity index (χ2v) is 7.07. The van der Waals surface area contributed by atoms with Gasteiger partial charge in [0.1, 0.15) is 12.4 Å². The van der Waals surface area contributed by atoms with Crippen LogP contribution >= 0.6 is 11.8 Å². The maximum Gasteiger partial charge on any atom is 0.352 e. The van der Waals surface area contributed by atoms with Crippen molar-refractivity contribution in [2.45, 2.75) is 11.4 Å². The molecule has 2 N–H and O–H groups in total. The number of anilines is 3. The second kappa shape index (κ2) is 8.19. The summed E-state index contributed by atoms with van der Waals surface area (Å²) in [5.74, 6) is 0.434. The topological polar surface area (TPSA) is 93.3 Å². The van der Waals surface area contributed by atoms with E-state index in [0.717, 1.165) is 15.3 Å². The summed E-state index contributed by atoms with van der Waals surface area (Å²) in [6.45, 7) is -0.201. The first kappa shape index (κ1) is 18.8. The minimum absolute atomic E-state index is 0.201. The molecule has 0 radical (unpaired) electrons. The number of nitrogens with one attached hydrogen (secondary N) is 2. The lowest BCUT2D eigenvalue weighted by atomic mass is 10.3. The predicted octanol–water partition coefficient (Wildman–Crippen LogP) is 3.00. The molecular weight excluding hydrogens is 388 g/mol. The summed E-state index contributed by atoms with van der Waals surface area (Å²) in [5.41, 5.74) is 1.12. The minimum Gasteiger partial charge on any atom is -0.340 e. The lowest BCUT2D eigenvalue weighted by Gasteiger charge is -2.05. The molecule has 0 aliphatic heterocycles. The number of amides is 1. The molecule has 1 amide bonds. The molecule has 8 nitrogen and oxygen atoms in total. The number of thioether (sulfide) groups is 1. The standard InChI is InChI=1S/C20H18N6O2S/c1-29-16-9-5-8-15(12-16)22-18(27)13-26-20(28)25-11-10-17(23-19(25)24-26)21-14-6-3-2-4-7-14/h2-12H,13H2,1H3,(H,22,27)(H,21,23,24). The van der Waals surface area contributed by atoms with Gasteiger partial charge in [0, 0.05) is 22.5 Å². The van der Waals surface area contributed by atoms with Gasteiger partial charge in [-0.2, -0.15) is 4.98 Å². The van der Waals surface area contributed by atoms with Gasteiger partial charge in [-0.1, -0.05) is 24.3 Å². The van der Waals surface area contributed by atoms with E-state index in [1.165, 1.54) is 4.40 Å². The predicted molar refractivity (Wildman–Crippen MR) is 114 cm³/mol. The molecule has 9 heteroatoms. The number of hydrogen-bond acceptors (Lipinski definition) is 6. The van der Waals surface area contributed by atoms with Crippen LogP contribution in [0.15, 0.2) is 76.6 Å². The Bertz CT molecular complexity index is 1220. The Balaban J connectivity index is 1.52. The Kier molecular flexibility index (Phi) is 5.30. The molecule has 0 fully saturated rings. The fraction of sp³-hybridized carbons (Fsp3) is 0.100. The molecule has 0 saturated carbocycles. The first-order chi connectivity index (χ1) is 14.1.